The number of methoxy groups -OCH3 is 1. The fourth-order valence-corrected chi connectivity index (χ4v) is 5.24. The van der Waals surface area contributed by atoms with Crippen molar-refractivity contribution in [2.45, 2.75) is 23.8 Å². The van der Waals surface area contributed by atoms with Crippen molar-refractivity contribution in [3.63, 3.8) is 0 Å². The number of rotatable bonds is 7. The van der Waals surface area contributed by atoms with E-state index in [1.165, 1.54) is 18.4 Å². The molecule has 2 heterocycles. The molecule has 8 nitrogen and oxygen atoms in total. The van der Waals surface area contributed by atoms with Crippen LogP contribution in [0.2, 0.25) is 0 Å². The van der Waals surface area contributed by atoms with E-state index in [-0.39, 0.29) is 23.4 Å². The summed E-state index contributed by atoms with van der Waals surface area (Å²) in [6, 6.07) is 9.78. The van der Waals surface area contributed by atoms with Gasteiger partial charge in [-0.1, -0.05) is 18.2 Å². The van der Waals surface area contributed by atoms with Crippen molar-refractivity contribution in [2.75, 3.05) is 32.1 Å². The van der Waals surface area contributed by atoms with Gasteiger partial charge in [0.05, 0.1) is 24.2 Å². The number of hydrogen-bond acceptors (Lipinski definition) is 7. The zero-order valence-corrected chi connectivity index (χ0v) is 17.6. The molecule has 0 radical (unpaired) electrons. The van der Waals surface area contributed by atoms with Gasteiger partial charge in [-0.05, 0) is 36.4 Å². The van der Waals surface area contributed by atoms with Gasteiger partial charge < -0.3 is 10.1 Å². The average molecular weight is 438 g/mol. The highest BCUT2D eigenvalue weighted by molar-refractivity contribution is 7.89. The van der Waals surface area contributed by atoms with Crippen LogP contribution >= 0.6 is 11.3 Å². The van der Waals surface area contributed by atoms with Crippen molar-refractivity contribution in [1.82, 2.24) is 9.62 Å². The van der Waals surface area contributed by atoms with Gasteiger partial charge in [0.1, 0.15) is 4.88 Å². The van der Waals surface area contributed by atoms with Gasteiger partial charge in [0.2, 0.25) is 15.9 Å². The highest BCUT2D eigenvalue weighted by Gasteiger charge is 2.25. The quantitative estimate of drug-likeness (QED) is 0.641. The molecule has 29 heavy (non-hydrogen) atoms. The first-order chi connectivity index (χ1) is 13.9. The highest BCUT2D eigenvalue weighted by Crippen LogP contribution is 2.23. The molecule has 0 bridgehead atoms. The number of nitrogens with one attached hydrogen (secondary N) is 2. The molecule has 156 valence electrons. The fourth-order valence-electron chi connectivity index (χ4n) is 3.15. The molecule has 0 unspecified atom stereocenters. The molecule has 2 N–H and O–H groups in total. The third-order valence-corrected chi connectivity index (χ3v) is 7.07. The lowest BCUT2D eigenvalue weighted by molar-refractivity contribution is -0.117. The maximum absolute atomic E-state index is 12.4. The van der Waals surface area contributed by atoms with Gasteiger partial charge in [-0.15, -0.1) is 11.3 Å². The number of amides is 1. The highest BCUT2D eigenvalue weighted by atomic mass is 32.2. The van der Waals surface area contributed by atoms with E-state index in [0.717, 1.165) is 0 Å². The molecule has 1 aliphatic rings. The molecule has 1 fully saturated rings. The minimum Gasteiger partial charge on any atom is -0.465 e. The topological polar surface area (TPSA) is 105 Å². The van der Waals surface area contributed by atoms with Gasteiger partial charge >= 0.3 is 5.97 Å². The monoisotopic (exact) mass is 437 g/mol. The van der Waals surface area contributed by atoms with Crippen molar-refractivity contribution in [3.05, 3.63) is 46.7 Å². The van der Waals surface area contributed by atoms with Crippen LogP contribution in [0, 0.1) is 0 Å². The number of thiophene rings is 1. The van der Waals surface area contributed by atoms with E-state index < -0.39 is 16.0 Å². The number of benzene rings is 1. The summed E-state index contributed by atoms with van der Waals surface area (Å²) in [7, 11) is -2.25. The van der Waals surface area contributed by atoms with Gasteiger partial charge in [0.25, 0.3) is 0 Å². The third-order valence-electron chi connectivity index (χ3n) is 4.64. The lowest BCUT2D eigenvalue weighted by Crippen LogP contribution is -2.46. The maximum Gasteiger partial charge on any atom is 0.350 e. The molecule has 0 atom stereocenters. The maximum atomic E-state index is 12.4. The third kappa shape index (κ3) is 5.63. The number of esters is 1. The van der Waals surface area contributed by atoms with Crippen LogP contribution in [0.15, 0.2) is 46.7 Å². The second kappa shape index (κ2) is 9.49. The lowest BCUT2D eigenvalue weighted by Gasteiger charge is -2.31. The number of hydrogen-bond donors (Lipinski definition) is 2. The van der Waals surface area contributed by atoms with Crippen molar-refractivity contribution in [3.8, 4) is 0 Å². The smallest absolute Gasteiger partial charge is 0.350 e. The van der Waals surface area contributed by atoms with Crippen LogP contribution in [0.3, 0.4) is 0 Å². The van der Waals surface area contributed by atoms with E-state index in [1.54, 1.807) is 41.8 Å². The number of piperidine rings is 1. The molecule has 1 amide bonds. The molecule has 2 aromatic rings. The van der Waals surface area contributed by atoms with E-state index in [4.69, 9.17) is 4.74 Å². The van der Waals surface area contributed by atoms with Crippen LogP contribution in [0.4, 0.5) is 5.69 Å². The van der Waals surface area contributed by atoms with Crippen LogP contribution in [0.5, 0.6) is 0 Å². The Hall–Kier alpha value is -2.27. The molecule has 1 saturated heterocycles. The largest absolute Gasteiger partial charge is 0.465 e. The zero-order chi connectivity index (χ0) is 20.9. The van der Waals surface area contributed by atoms with Crippen LogP contribution < -0.4 is 10.0 Å². The Labute approximate surface area is 173 Å². The Morgan fingerprint density at radius 2 is 1.86 bits per heavy atom. The molecule has 0 spiro atoms. The minimum atomic E-state index is -3.54. The summed E-state index contributed by atoms with van der Waals surface area (Å²) >= 11 is 1.21. The van der Waals surface area contributed by atoms with Crippen molar-refractivity contribution < 1.29 is 22.7 Å². The zero-order valence-electron chi connectivity index (χ0n) is 16.0. The Morgan fingerprint density at radius 3 is 2.52 bits per heavy atom. The summed E-state index contributed by atoms with van der Waals surface area (Å²) in [5.74, 6) is -0.710. The van der Waals surface area contributed by atoms with Crippen LogP contribution in [-0.4, -0.2) is 58.0 Å². The molecule has 0 saturated carbocycles. The van der Waals surface area contributed by atoms with E-state index in [0.29, 0.717) is 36.5 Å². The van der Waals surface area contributed by atoms with Crippen LogP contribution in [0.25, 0.3) is 0 Å². The molecule has 1 aromatic carbocycles. The van der Waals surface area contributed by atoms with Gasteiger partial charge in [-0.2, -0.15) is 0 Å². The second-order valence-electron chi connectivity index (χ2n) is 6.69. The molecule has 1 aliphatic heterocycles. The van der Waals surface area contributed by atoms with Gasteiger partial charge in [0.15, 0.2) is 0 Å². The number of likely N-dealkylation sites (tertiary alicyclic amines) is 1. The number of ether oxygens (including phenoxy) is 1. The predicted molar refractivity (Wildman–Crippen MR) is 111 cm³/mol. The normalized spacial score (nSPS) is 15.8. The van der Waals surface area contributed by atoms with Gasteiger partial charge in [-0.25, -0.2) is 17.9 Å². The Bertz CT molecular complexity index is 951. The molecular formula is C19H23N3O5S2. The Balaban J connectivity index is 1.48. The predicted octanol–water partition coefficient (Wildman–Crippen LogP) is 1.92. The second-order valence-corrected chi connectivity index (χ2v) is 9.32. The fraction of sp³-hybridized carbons (Fsp3) is 0.368. The summed E-state index contributed by atoms with van der Waals surface area (Å²) in [5, 5.41) is 4.46. The number of nitrogens with zero attached hydrogens (tertiary/aromatic N) is 1. The first-order valence-corrected chi connectivity index (χ1v) is 11.5. The number of carbonyl (C=O) groups is 2. The number of anilines is 1. The number of carbonyl (C=O) groups excluding carboxylic acids is 2. The summed E-state index contributed by atoms with van der Waals surface area (Å²) in [6.07, 6.45) is 1.23. The Kier molecular flexibility index (Phi) is 7.01. The number of sulfonamides is 1. The molecular weight excluding hydrogens is 414 g/mol. The molecule has 0 aliphatic carbocycles. The van der Waals surface area contributed by atoms with Crippen molar-refractivity contribution in [2.24, 2.45) is 0 Å². The SMILES string of the molecule is COC(=O)c1sccc1NC(=O)CN1CCC(NS(=O)(=O)c2ccccc2)CC1. The lowest BCUT2D eigenvalue weighted by atomic mass is 10.1. The first kappa shape index (κ1) is 21.4. The minimum absolute atomic E-state index is 0.165. The van der Waals surface area contributed by atoms with Crippen LogP contribution in [0.1, 0.15) is 22.5 Å². The summed E-state index contributed by atoms with van der Waals surface area (Å²) in [5.41, 5.74) is 0.442. The Morgan fingerprint density at radius 1 is 1.17 bits per heavy atom. The van der Waals surface area contributed by atoms with E-state index in [1.807, 2.05) is 4.90 Å². The first-order valence-electron chi connectivity index (χ1n) is 9.14. The molecule has 1 aromatic heterocycles. The van der Waals surface area contributed by atoms with Gasteiger partial charge in [0, 0.05) is 19.1 Å². The summed E-state index contributed by atoms with van der Waals surface area (Å²) in [4.78, 5) is 26.6. The van der Waals surface area contributed by atoms with E-state index in [2.05, 4.69) is 10.0 Å². The standard InChI is InChI=1S/C19H23N3O5S2/c1-27-19(24)18-16(9-12-28-18)20-17(23)13-22-10-7-14(8-11-22)21-29(25,26)15-5-3-2-4-6-15/h2-6,9,12,14,21H,7-8,10-11,13H2,1H3,(H,20,23). The molecule has 3 rings (SSSR count). The average Bonchev–Trinajstić information content (AvgIpc) is 3.17. The summed E-state index contributed by atoms with van der Waals surface area (Å²) in [6.45, 7) is 1.38. The van der Waals surface area contributed by atoms with Gasteiger partial charge in [-0.3, -0.25) is 9.69 Å². The van der Waals surface area contributed by atoms with Crippen molar-refractivity contribution >= 4 is 38.9 Å². The molecule has 10 heteroatoms. The van der Waals surface area contributed by atoms with Crippen molar-refractivity contribution in [1.29, 1.82) is 0 Å². The van der Waals surface area contributed by atoms with E-state index in [9.17, 15) is 18.0 Å². The summed E-state index contributed by atoms with van der Waals surface area (Å²) < 4.78 is 32.3. The van der Waals surface area contributed by atoms with E-state index >= 15 is 0 Å². The van der Waals surface area contributed by atoms with Crippen LogP contribution in [-0.2, 0) is 19.6 Å².